The van der Waals surface area contributed by atoms with Crippen LogP contribution in [-0.2, 0) is 6.54 Å². The lowest BCUT2D eigenvalue weighted by atomic mass is 10.0. The van der Waals surface area contributed by atoms with Crippen molar-refractivity contribution in [2.24, 2.45) is 0 Å². The summed E-state index contributed by atoms with van der Waals surface area (Å²) in [5.41, 5.74) is 3.61. The maximum Gasteiger partial charge on any atom is 0.127 e. The normalized spacial score (nSPS) is 12.2. The maximum absolute atomic E-state index is 13.9. The average molecular weight is 282 g/mol. The zero-order valence-electron chi connectivity index (χ0n) is 12.6. The van der Waals surface area contributed by atoms with Crippen LogP contribution in [0.15, 0.2) is 42.5 Å². The molecule has 108 valence electrons. The average Bonchev–Trinajstić information content (AvgIpc) is 2.49. The van der Waals surface area contributed by atoms with Crippen LogP contribution in [0.4, 0.5) is 4.39 Å². The highest BCUT2D eigenvalue weighted by Crippen LogP contribution is 2.24. The molecule has 2 rings (SSSR count). The zero-order chi connectivity index (χ0) is 15.4. The van der Waals surface area contributed by atoms with E-state index in [0.717, 1.165) is 11.1 Å². The number of nitriles is 1. The molecule has 0 aliphatic rings. The number of hydrogen-bond donors (Lipinski definition) is 0. The van der Waals surface area contributed by atoms with Crippen LogP contribution in [0.5, 0.6) is 0 Å². The Labute approximate surface area is 125 Å². The van der Waals surface area contributed by atoms with Crippen molar-refractivity contribution < 1.29 is 4.39 Å². The van der Waals surface area contributed by atoms with Crippen LogP contribution in [0.1, 0.15) is 35.2 Å². The topological polar surface area (TPSA) is 27.0 Å². The van der Waals surface area contributed by atoms with Gasteiger partial charge in [-0.1, -0.05) is 24.3 Å². The lowest BCUT2D eigenvalue weighted by Gasteiger charge is -2.26. The van der Waals surface area contributed by atoms with E-state index in [9.17, 15) is 4.39 Å². The molecule has 2 aromatic rings. The Balaban J connectivity index is 2.16. The second kappa shape index (κ2) is 6.51. The fraction of sp³-hybridized carbons (Fsp3) is 0.278. The molecule has 0 bridgehead atoms. The van der Waals surface area contributed by atoms with Crippen molar-refractivity contribution in [3.63, 3.8) is 0 Å². The fourth-order valence-electron chi connectivity index (χ4n) is 2.40. The number of nitrogens with zero attached hydrogens (tertiary/aromatic N) is 2. The predicted octanol–water partition coefficient (Wildman–Crippen LogP) is 4.20. The highest BCUT2D eigenvalue weighted by molar-refractivity contribution is 5.37. The minimum absolute atomic E-state index is 0.0127. The Hall–Kier alpha value is -2.18. The van der Waals surface area contributed by atoms with Gasteiger partial charge in [0, 0.05) is 18.2 Å². The summed E-state index contributed by atoms with van der Waals surface area (Å²) in [5.74, 6) is -0.173. The second-order valence-corrected chi connectivity index (χ2v) is 5.37. The van der Waals surface area contributed by atoms with Crippen molar-refractivity contribution in [2.75, 3.05) is 7.05 Å². The van der Waals surface area contributed by atoms with Gasteiger partial charge in [0.25, 0.3) is 0 Å². The Kier molecular flexibility index (Phi) is 4.72. The van der Waals surface area contributed by atoms with Crippen LogP contribution < -0.4 is 0 Å². The van der Waals surface area contributed by atoms with Crippen molar-refractivity contribution in [1.29, 1.82) is 5.26 Å². The van der Waals surface area contributed by atoms with Crippen molar-refractivity contribution in [3.05, 3.63) is 70.5 Å². The van der Waals surface area contributed by atoms with Gasteiger partial charge < -0.3 is 0 Å². The first-order valence-electron chi connectivity index (χ1n) is 6.97. The van der Waals surface area contributed by atoms with E-state index < -0.39 is 0 Å². The molecule has 0 saturated carbocycles. The molecule has 0 aliphatic carbocycles. The maximum atomic E-state index is 13.9. The molecule has 0 saturated heterocycles. The predicted molar refractivity (Wildman–Crippen MR) is 82.2 cm³/mol. The Morgan fingerprint density at radius 2 is 1.95 bits per heavy atom. The lowest BCUT2D eigenvalue weighted by molar-refractivity contribution is 0.247. The van der Waals surface area contributed by atoms with Crippen molar-refractivity contribution in [2.45, 2.75) is 26.4 Å². The highest BCUT2D eigenvalue weighted by atomic mass is 19.1. The third-order valence-corrected chi connectivity index (χ3v) is 3.91. The first kappa shape index (κ1) is 15.2. The monoisotopic (exact) mass is 282 g/mol. The Morgan fingerprint density at radius 3 is 2.57 bits per heavy atom. The SMILES string of the molecule is Cc1cc(C#N)ccc1CN(C)C(C)c1ccccc1F. The molecule has 1 atom stereocenters. The molecule has 1 unspecified atom stereocenters. The quantitative estimate of drug-likeness (QED) is 0.840. The van der Waals surface area contributed by atoms with Crippen LogP contribution in [0.3, 0.4) is 0 Å². The van der Waals surface area contributed by atoms with Gasteiger partial charge in [-0.25, -0.2) is 4.39 Å². The molecular weight excluding hydrogens is 263 g/mol. The smallest absolute Gasteiger partial charge is 0.127 e. The summed E-state index contributed by atoms with van der Waals surface area (Å²) in [6, 6.07) is 14.7. The zero-order valence-corrected chi connectivity index (χ0v) is 12.6. The fourth-order valence-corrected chi connectivity index (χ4v) is 2.40. The first-order chi connectivity index (χ1) is 10.0. The molecule has 0 N–H and O–H groups in total. The van der Waals surface area contributed by atoms with E-state index in [1.807, 2.05) is 51.2 Å². The van der Waals surface area contributed by atoms with Gasteiger partial charge in [-0.15, -0.1) is 0 Å². The number of rotatable bonds is 4. The van der Waals surface area contributed by atoms with Crippen LogP contribution in [-0.4, -0.2) is 11.9 Å². The van der Waals surface area contributed by atoms with Gasteiger partial charge in [0.15, 0.2) is 0 Å². The summed E-state index contributed by atoms with van der Waals surface area (Å²) < 4.78 is 13.9. The Morgan fingerprint density at radius 1 is 1.24 bits per heavy atom. The van der Waals surface area contributed by atoms with Crippen LogP contribution in [0, 0.1) is 24.1 Å². The molecule has 0 radical (unpaired) electrons. The molecule has 2 aromatic carbocycles. The van der Waals surface area contributed by atoms with Crippen molar-refractivity contribution in [3.8, 4) is 6.07 Å². The van der Waals surface area contributed by atoms with E-state index in [1.54, 1.807) is 6.07 Å². The minimum atomic E-state index is -0.173. The van der Waals surface area contributed by atoms with Crippen molar-refractivity contribution in [1.82, 2.24) is 4.90 Å². The highest BCUT2D eigenvalue weighted by Gasteiger charge is 2.16. The molecule has 2 nitrogen and oxygen atoms in total. The summed E-state index contributed by atoms with van der Waals surface area (Å²) >= 11 is 0. The van der Waals surface area contributed by atoms with Gasteiger partial charge in [-0.2, -0.15) is 5.26 Å². The summed E-state index contributed by atoms with van der Waals surface area (Å²) in [6.07, 6.45) is 0. The summed E-state index contributed by atoms with van der Waals surface area (Å²) in [6.45, 7) is 4.71. The molecule has 0 aromatic heterocycles. The van der Waals surface area contributed by atoms with Crippen molar-refractivity contribution >= 4 is 0 Å². The third kappa shape index (κ3) is 3.48. The molecule has 0 amide bonds. The standard InChI is InChI=1S/C18H19FN2/c1-13-10-15(11-20)8-9-16(13)12-21(3)14(2)17-6-4-5-7-18(17)19/h4-10,14H,12H2,1-3H3. The van der Waals surface area contributed by atoms with E-state index in [2.05, 4.69) is 11.0 Å². The summed E-state index contributed by atoms with van der Waals surface area (Å²) in [7, 11) is 1.98. The molecule has 0 fully saturated rings. The largest absolute Gasteiger partial charge is 0.295 e. The van der Waals surface area contributed by atoms with E-state index in [1.165, 1.54) is 6.07 Å². The number of aryl methyl sites for hydroxylation is 1. The van der Waals surface area contributed by atoms with Gasteiger partial charge >= 0.3 is 0 Å². The molecule has 0 aliphatic heterocycles. The summed E-state index contributed by atoms with van der Waals surface area (Å²) in [4.78, 5) is 2.10. The molecule has 0 spiro atoms. The van der Waals surface area contributed by atoms with Crippen LogP contribution in [0.25, 0.3) is 0 Å². The van der Waals surface area contributed by atoms with E-state index >= 15 is 0 Å². The second-order valence-electron chi connectivity index (χ2n) is 5.37. The van der Waals surface area contributed by atoms with E-state index in [4.69, 9.17) is 5.26 Å². The molecule has 21 heavy (non-hydrogen) atoms. The summed E-state index contributed by atoms with van der Waals surface area (Å²) in [5, 5.41) is 8.90. The minimum Gasteiger partial charge on any atom is -0.295 e. The van der Waals surface area contributed by atoms with Crippen LogP contribution in [0.2, 0.25) is 0 Å². The van der Waals surface area contributed by atoms with E-state index in [-0.39, 0.29) is 11.9 Å². The van der Waals surface area contributed by atoms with Crippen LogP contribution >= 0.6 is 0 Å². The van der Waals surface area contributed by atoms with Gasteiger partial charge in [-0.3, -0.25) is 4.90 Å². The molecule has 3 heteroatoms. The molecular formula is C18H19FN2. The van der Waals surface area contributed by atoms with Gasteiger partial charge in [-0.05, 0) is 50.2 Å². The number of halogens is 1. The molecule has 0 heterocycles. The van der Waals surface area contributed by atoms with Gasteiger partial charge in [0.05, 0.1) is 11.6 Å². The van der Waals surface area contributed by atoms with E-state index in [0.29, 0.717) is 17.7 Å². The van der Waals surface area contributed by atoms with Gasteiger partial charge in [0.1, 0.15) is 5.82 Å². The first-order valence-corrected chi connectivity index (χ1v) is 6.97. The number of benzene rings is 2. The number of hydrogen-bond acceptors (Lipinski definition) is 2. The Bertz CT molecular complexity index is 673. The third-order valence-electron chi connectivity index (χ3n) is 3.91. The lowest BCUT2D eigenvalue weighted by Crippen LogP contribution is -2.23. The van der Waals surface area contributed by atoms with Gasteiger partial charge in [0.2, 0.25) is 0 Å².